The number of carboxylic acids is 1. The summed E-state index contributed by atoms with van der Waals surface area (Å²) in [4.78, 5) is 23.3. The maximum absolute atomic E-state index is 12.5. The Kier molecular flexibility index (Phi) is 6.11. The van der Waals surface area contributed by atoms with Crippen molar-refractivity contribution >= 4 is 17.9 Å². The number of carboxylic acid groups (broad SMARTS) is 1. The van der Waals surface area contributed by atoms with Gasteiger partial charge in [0.1, 0.15) is 18.2 Å². The van der Waals surface area contributed by atoms with Crippen molar-refractivity contribution < 1.29 is 23.8 Å². The summed E-state index contributed by atoms with van der Waals surface area (Å²) < 4.78 is 12.3. The zero-order chi connectivity index (χ0) is 23.4. The van der Waals surface area contributed by atoms with Crippen LogP contribution >= 0.6 is 0 Å². The lowest BCUT2D eigenvalue weighted by atomic mass is 10.1. The first-order valence-electron chi connectivity index (χ1n) is 9.98. The molecule has 2 heterocycles. The third kappa shape index (κ3) is 5.03. The Bertz CT molecular complexity index is 1270. The Morgan fingerprint density at radius 1 is 1.06 bits per heavy atom. The maximum Gasteiger partial charge on any atom is 0.413 e. The van der Waals surface area contributed by atoms with E-state index in [9.17, 15) is 9.59 Å². The predicted molar refractivity (Wildman–Crippen MR) is 116 cm³/mol. The largest absolute Gasteiger partial charge is 0.481 e. The predicted octanol–water partition coefficient (Wildman–Crippen LogP) is 3.47. The van der Waals surface area contributed by atoms with E-state index in [2.05, 4.69) is 25.8 Å². The van der Waals surface area contributed by atoms with Gasteiger partial charge in [0, 0.05) is 18.2 Å². The van der Waals surface area contributed by atoms with Crippen molar-refractivity contribution in [3.8, 4) is 22.7 Å². The number of hydrogen-bond donors (Lipinski definition) is 2. The Morgan fingerprint density at radius 2 is 1.76 bits per heavy atom. The van der Waals surface area contributed by atoms with Gasteiger partial charge in [0.2, 0.25) is 11.8 Å². The number of aryl methyl sites for hydroxylation is 1. The number of aromatic nitrogens is 5. The molecular formula is C22H20N6O5. The number of ether oxygens (including phenoxy) is 1. The first-order chi connectivity index (χ1) is 15.9. The van der Waals surface area contributed by atoms with E-state index < -0.39 is 18.2 Å². The van der Waals surface area contributed by atoms with Crippen LogP contribution in [-0.4, -0.2) is 42.4 Å². The summed E-state index contributed by atoms with van der Waals surface area (Å²) in [5.41, 5.74) is 2.62. The van der Waals surface area contributed by atoms with Gasteiger partial charge in [0.05, 0.1) is 0 Å². The molecule has 168 valence electrons. The average molecular weight is 448 g/mol. The molecule has 0 radical (unpaired) electrons. The van der Waals surface area contributed by atoms with E-state index >= 15 is 0 Å². The molecule has 2 aromatic carbocycles. The molecule has 11 nitrogen and oxygen atoms in total. The van der Waals surface area contributed by atoms with Crippen molar-refractivity contribution in [1.29, 1.82) is 0 Å². The van der Waals surface area contributed by atoms with Crippen molar-refractivity contribution in [2.24, 2.45) is 7.05 Å². The Hall–Kier alpha value is -4.54. The Morgan fingerprint density at radius 3 is 2.45 bits per heavy atom. The SMILES string of the molecule is C[C@@H](OC(=O)Nc1c(-c2ccc(-c3nnc(CC(=O)O)o3)cc2)nnn1C)c1ccccc1. The summed E-state index contributed by atoms with van der Waals surface area (Å²) in [6, 6.07) is 16.4. The molecule has 0 saturated carbocycles. The lowest BCUT2D eigenvalue weighted by Crippen LogP contribution is -2.18. The molecule has 2 N–H and O–H groups in total. The summed E-state index contributed by atoms with van der Waals surface area (Å²) in [6.45, 7) is 1.79. The molecular weight excluding hydrogens is 428 g/mol. The van der Waals surface area contributed by atoms with Crippen LogP contribution < -0.4 is 5.32 Å². The number of rotatable bonds is 7. The van der Waals surface area contributed by atoms with Crippen LogP contribution in [0.2, 0.25) is 0 Å². The second-order valence-electron chi connectivity index (χ2n) is 7.14. The molecule has 1 amide bonds. The summed E-state index contributed by atoms with van der Waals surface area (Å²) in [5, 5.41) is 27.3. The molecule has 0 bridgehead atoms. The quantitative estimate of drug-likeness (QED) is 0.434. The van der Waals surface area contributed by atoms with E-state index in [1.165, 1.54) is 4.68 Å². The molecule has 4 aromatic rings. The van der Waals surface area contributed by atoms with Gasteiger partial charge in [-0.25, -0.2) is 9.48 Å². The average Bonchev–Trinajstić information content (AvgIpc) is 3.41. The van der Waals surface area contributed by atoms with Gasteiger partial charge in [0.15, 0.2) is 5.82 Å². The molecule has 0 aliphatic heterocycles. The monoisotopic (exact) mass is 448 g/mol. The minimum atomic E-state index is -1.06. The second-order valence-corrected chi connectivity index (χ2v) is 7.14. The maximum atomic E-state index is 12.5. The van der Waals surface area contributed by atoms with Gasteiger partial charge < -0.3 is 14.3 Å². The molecule has 0 fully saturated rings. The number of amides is 1. The summed E-state index contributed by atoms with van der Waals surface area (Å²) >= 11 is 0. The summed E-state index contributed by atoms with van der Waals surface area (Å²) in [6.07, 6.45) is -1.42. The summed E-state index contributed by atoms with van der Waals surface area (Å²) in [5.74, 6) is -0.464. The Balaban J connectivity index is 1.48. The van der Waals surface area contributed by atoms with E-state index in [1.54, 1.807) is 38.2 Å². The molecule has 0 saturated heterocycles. The van der Waals surface area contributed by atoms with Crippen molar-refractivity contribution in [2.75, 3.05) is 5.32 Å². The van der Waals surface area contributed by atoms with Crippen LogP contribution in [0.5, 0.6) is 0 Å². The third-order valence-electron chi connectivity index (χ3n) is 4.77. The van der Waals surface area contributed by atoms with Crippen molar-refractivity contribution in [3.05, 3.63) is 66.1 Å². The Labute approximate surface area is 188 Å². The number of benzene rings is 2. The third-order valence-corrected chi connectivity index (χ3v) is 4.77. The minimum Gasteiger partial charge on any atom is -0.481 e. The minimum absolute atomic E-state index is 0.0187. The zero-order valence-electron chi connectivity index (χ0n) is 17.8. The highest BCUT2D eigenvalue weighted by Gasteiger charge is 2.19. The highest BCUT2D eigenvalue weighted by atomic mass is 16.6. The normalized spacial score (nSPS) is 11.7. The molecule has 0 aliphatic carbocycles. The van der Waals surface area contributed by atoms with E-state index in [4.69, 9.17) is 14.3 Å². The van der Waals surface area contributed by atoms with E-state index in [0.717, 1.165) is 5.56 Å². The highest BCUT2D eigenvalue weighted by molar-refractivity contribution is 5.88. The first kappa shape index (κ1) is 21.7. The topological polar surface area (TPSA) is 145 Å². The smallest absolute Gasteiger partial charge is 0.413 e. The number of hydrogen-bond acceptors (Lipinski definition) is 8. The van der Waals surface area contributed by atoms with Crippen LogP contribution in [0.15, 0.2) is 59.0 Å². The fourth-order valence-electron chi connectivity index (χ4n) is 3.11. The van der Waals surface area contributed by atoms with Crippen molar-refractivity contribution in [3.63, 3.8) is 0 Å². The van der Waals surface area contributed by atoms with Gasteiger partial charge in [-0.3, -0.25) is 10.1 Å². The number of anilines is 1. The van der Waals surface area contributed by atoms with E-state index in [1.807, 2.05) is 30.3 Å². The number of aliphatic carboxylic acids is 1. The first-order valence-corrected chi connectivity index (χ1v) is 9.98. The van der Waals surface area contributed by atoms with Crippen LogP contribution in [0, 0.1) is 0 Å². The molecule has 2 aromatic heterocycles. The molecule has 0 aliphatic rings. The van der Waals surface area contributed by atoms with Crippen molar-refractivity contribution in [1.82, 2.24) is 25.2 Å². The lowest BCUT2D eigenvalue weighted by molar-refractivity contribution is -0.136. The van der Waals surface area contributed by atoms with Gasteiger partial charge in [-0.1, -0.05) is 47.7 Å². The van der Waals surface area contributed by atoms with E-state index in [0.29, 0.717) is 22.6 Å². The lowest BCUT2D eigenvalue weighted by Gasteiger charge is -2.14. The highest BCUT2D eigenvalue weighted by Crippen LogP contribution is 2.28. The standard InChI is InChI=1S/C22H20N6O5/c1-13(14-6-4-3-5-7-14)32-22(31)23-20-19(25-27-28(20)2)15-8-10-16(11-9-15)21-26-24-17(33-21)12-18(29)30/h3-11,13H,12H2,1-2H3,(H,23,31)(H,29,30)/t13-/m1/s1. The van der Waals surface area contributed by atoms with Gasteiger partial charge >= 0.3 is 12.1 Å². The molecule has 0 spiro atoms. The molecule has 0 unspecified atom stereocenters. The number of nitrogens with zero attached hydrogens (tertiary/aromatic N) is 5. The van der Waals surface area contributed by atoms with Crippen LogP contribution in [0.4, 0.5) is 10.6 Å². The molecule has 11 heteroatoms. The van der Waals surface area contributed by atoms with Gasteiger partial charge in [-0.15, -0.1) is 15.3 Å². The van der Waals surface area contributed by atoms with Gasteiger partial charge in [0.25, 0.3) is 0 Å². The van der Waals surface area contributed by atoms with Gasteiger partial charge in [-0.2, -0.15) is 0 Å². The molecule has 4 rings (SSSR count). The molecule has 1 atom stereocenters. The zero-order valence-corrected chi connectivity index (χ0v) is 17.8. The second kappa shape index (κ2) is 9.30. The van der Waals surface area contributed by atoms with Crippen LogP contribution in [0.25, 0.3) is 22.7 Å². The number of carbonyl (C=O) groups excluding carboxylic acids is 1. The fraction of sp³-hybridized carbons (Fsp3) is 0.182. The van der Waals surface area contributed by atoms with Crippen molar-refractivity contribution in [2.45, 2.75) is 19.4 Å². The van der Waals surface area contributed by atoms with E-state index in [-0.39, 0.29) is 18.2 Å². The number of carbonyl (C=O) groups is 2. The molecule has 33 heavy (non-hydrogen) atoms. The van der Waals surface area contributed by atoms with Crippen LogP contribution in [0.3, 0.4) is 0 Å². The fourth-order valence-corrected chi connectivity index (χ4v) is 3.11. The van der Waals surface area contributed by atoms with Crippen LogP contribution in [0.1, 0.15) is 24.5 Å². The van der Waals surface area contributed by atoms with Crippen LogP contribution in [-0.2, 0) is 23.0 Å². The van der Waals surface area contributed by atoms with Gasteiger partial charge in [-0.05, 0) is 24.6 Å². The summed E-state index contributed by atoms with van der Waals surface area (Å²) in [7, 11) is 1.66. The number of nitrogens with one attached hydrogen (secondary N) is 1.